The largest absolute Gasteiger partial charge is 0.468 e. The first-order valence-electron chi connectivity index (χ1n) is 11.2. The number of furan rings is 1. The van der Waals surface area contributed by atoms with E-state index < -0.39 is 15.9 Å². The third-order valence-electron chi connectivity index (χ3n) is 5.89. The summed E-state index contributed by atoms with van der Waals surface area (Å²) in [6.07, 6.45) is 4.87. The molecule has 0 aliphatic heterocycles. The second-order valence-corrected chi connectivity index (χ2v) is 10.0. The molecule has 0 saturated heterocycles. The van der Waals surface area contributed by atoms with Gasteiger partial charge in [0.2, 0.25) is 10.0 Å². The van der Waals surface area contributed by atoms with Crippen molar-refractivity contribution in [2.75, 3.05) is 5.32 Å². The first-order chi connectivity index (χ1) is 16.9. The summed E-state index contributed by atoms with van der Waals surface area (Å²) in [5.74, 6) is -0.289. The van der Waals surface area contributed by atoms with Crippen LogP contribution in [0.1, 0.15) is 40.3 Å². The van der Waals surface area contributed by atoms with Gasteiger partial charge in [-0.2, -0.15) is 5.10 Å². The van der Waals surface area contributed by atoms with Gasteiger partial charge in [-0.3, -0.25) is 4.79 Å². The van der Waals surface area contributed by atoms with Crippen LogP contribution in [0.2, 0.25) is 0 Å². The van der Waals surface area contributed by atoms with Gasteiger partial charge in [0.25, 0.3) is 5.91 Å². The van der Waals surface area contributed by atoms with E-state index in [0.717, 1.165) is 30.5 Å². The van der Waals surface area contributed by atoms with Crippen molar-refractivity contribution in [3.8, 4) is 5.69 Å². The lowest BCUT2D eigenvalue weighted by atomic mass is 9.95. The topological polar surface area (TPSA) is 106 Å². The SMILES string of the molecule is O=C(Nc1cccc(S(=O)(=O)NCc2ccco2)c1)c1nn(-c2ccc(F)cc2)c2c1CCCC2. The lowest BCUT2D eigenvalue weighted by Gasteiger charge is -2.14. The van der Waals surface area contributed by atoms with Crippen molar-refractivity contribution in [1.82, 2.24) is 14.5 Å². The van der Waals surface area contributed by atoms with Gasteiger partial charge in [0.05, 0.1) is 23.4 Å². The van der Waals surface area contributed by atoms with Crippen LogP contribution in [-0.4, -0.2) is 24.1 Å². The minimum Gasteiger partial charge on any atom is -0.468 e. The Morgan fingerprint density at radius 3 is 2.63 bits per heavy atom. The Morgan fingerprint density at radius 1 is 1.06 bits per heavy atom. The minimum absolute atomic E-state index is 0.0128. The summed E-state index contributed by atoms with van der Waals surface area (Å²) in [5.41, 5.74) is 3.10. The number of benzene rings is 2. The molecule has 10 heteroatoms. The number of hydrogen-bond acceptors (Lipinski definition) is 5. The Balaban J connectivity index is 1.39. The summed E-state index contributed by atoms with van der Waals surface area (Å²) in [4.78, 5) is 13.2. The fourth-order valence-corrected chi connectivity index (χ4v) is 5.21. The summed E-state index contributed by atoms with van der Waals surface area (Å²) >= 11 is 0. The standard InChI is InChI=1S/C25H23FN4O4S/c26-17-10-12-19(13-11-17)30-23-9-2-1-8-22(23)24(29-30)25(31)28-18-5-3-7-21(15-18)35(32,33)27-16-20-6-4-14-34-20/h3-7,10-15,27H,1-2,8-9,16H2,(H,28,31). The Hall–Kier alpha value is -3.76. The Labute approximate surface area is 201 Å². The molecule has 2 N–H and O–H groups in total. The fraction of sp³-hybridized carbons (Fsp3) is 0.200. The summed E-state index contributed by atoms with van der Waals surface area (Å²) in [6, 6.07) is 15.3. The number of carbonyl (C=O) groups is 1. The molecule has 2 aromatic heterocycles. The quantitative estimate of drug-likeness (QED) is 0.400. The van der Waals surface area contributed by atoms with Gasteiger partial charge in [-0.05, 0) is 80.3 Å². The first-order valence-corrected chi connectivity index (χ1v) is 12.7. The summed E-state index contributed by atoms with van der Waals surface area (Å²) < 4.78 is 48.2. The highest BCUT2D eigenvalue weighted by Crippen LogP contribution is 2.28. The summed E-state index contributed by atoms with van der Waals surface area (Å²) in [6.45, 7) is 0.0128. The predicted molar refractivity (Wildman–Crippen MR) is 127 cm³/mol. The van der Waals surface area contributed by atoms with E-state index in [1.54, 1.807) is 41.1 Å². The van der Waals surface area contributed by atoms with E-state index >= 15 is 0 Å². The Morgan fingerprint density at radius 2 is 1.86 bits per heavy atom. The van der Waals surface area contributed by atoms with Gasteiger partial charge in [-0.25, -0.2) is 22.2 Å². The molecule has 2 aromatic carbocycles. The molecule has 1 aliphatic rings. The van der Waals surface area contributed by atoms with Gasteiger partial charge in [-0.1, -0.05) is 6.07 Å². The summed E-state index contributed by atoms with van der Waals surface area (Å²) in [7, 11) is -3.82. The number of carbonyl (C=O) groups excluding carboxylic acids is 1. The Bertz CT molecular complexity index is 1460. The molecule has 0 atom stereocenters. The van der Waals surface area contributed by atoms with Crippen molar-refractivity contribution in [3.05, 3.63) is 95.5 Å². The van der Waals surface area contributed by atoms with Gasteiger partial charge in [0.1, 0.15) is 11.6 Å². The number of fused-ring (bicyclic) bond motifs is 1. The van der Waals surface area contributed by atoms with Crippen molar-refractivity contribution < 1.29 is 22.0 Å². The average molecular weight is 495 g/mol. The van der Waals surface area contributed by atoms with Crippen molar-refractivity contribution in [2.45, 2.75) is 37.1 Å². The van der Waals surface area contributed by atoms with E-state index in [1.165, 1.54) is 30.5 Å². The average Bonchev–Trinajstić information content (AvgIpc) is 3.52. The van der Waals surface area contributed by atoms with E-state index in [-0.39, 0.29) is 23.0 Å². The third kappa shape index (κ3) is 4.89. The number of halogens is 1. The van der Waals surface area contributed by atoms with Crippen LogP contribution in [-0.2, 0) is 29.4 Å². The number of aromatic nitrogens is 2. The summed E-state index contributed by atoms with van der Waals surface area (Å²) in [5, 5.41) is 7.34. The van der Waals surface area contributed by atoms with Gasteiger partial charge in [-0.15, -0.1) is 0 Å². The first kappa shape index (κ1) is 23.0. The molecule has 2 heterocycles. The molecule has 0 saturated carbocycles. The van der Waals surface area contributed by atoms with Gasteiger partial charge < -0.3 is 9.73 Å². The van der Waals surface area contributed by atoms with E-state index in [0.29, 0.717) is 23.6 Å². The lowest BCUT2D eigenvalue weighted by Crippen LogP contribution is -2.23. The number of anilines is 1. The van der Waals surface area contributed by atoms with Gasteiger partial charge in [0, 0.05) is 16.9 Å². The maximum Gasteiger partial charge on any atom is 0.276 e. The van der Waals surface area contributed by atoms with Crippen molar-refractivity contribution in [2.24, 2.45) is 0 Å². The second kappa shape index (κ2) is 9.47. The molecule has 0 unspecified atom stereocenters. The highest BCUT2D eigenvalue weighted by molar-refractivity contribution is 7.89. The molecule has 0 radical (unpaired) electrons. The van der Waals surface area contributed by atoms with E-state index in [9.17, 15) is 17.6 Å². The van der Waals surface area contributed by atoms with Crippen LogP contribution in [0.4, 0.5) is 10.1 Å². The monoisotopic (exact) mass is 494 g/mol. The minimum atomic E-state index is -3.82. The van der Waals surface area contributed by atoms with Crippen LogP contribution in [0.3, 0.4) is 0 Å². The number of nitrogens with one attached hydrogen (secondary N) is 2. The van der Waals surface area contributed by atoms with E-state index in [2.05, 4.69) is 15.1 Å². The fourth-order valence-electron chi connectivity index (χ4n) is 4.17. The number of amides is 1. The number of sulfonamides is 1. The number of hydrogen-bond donors (Lipinski definition) is 2. The maximum atomic E-state index is 13.4. The zero-order valence-electron chi connectivity index (χ0n) is 18.7. The van der Waals surface area contributed by atoms with Crippen molar-refractivity contribution in [3.63, 3.8) is 0 Å². The molecule has 4 aromatic rings. The molecule has 180 valence electrons. The molecule has 1 amide bonds. The van der Waals surface area contributed by atoms with Gasteiger partial charge in [0.15, 0.2) is 5.69 Å². The Kier molecular flexibility index (Phi) is 6.23. The van der Waals surface area contributed by atoms with Gasteiger partial charge >= 0.3 is 0 Å². The van der Waals surface area contributed by atoms with Crippen LogP contribution in [0.15, 0.2) is 76.2 Å². The van der Waals surface area contributed by atoms with Crippen molar-refractivity contribution >= 4 is 21.6 Å². The van der Waals surface area contributed by atoms with Crippen LogP contribution in [0, 0.1) is 5.82 Å². The molecule has 8 nitrogen and oxygen atoms in total. The van der Waals surface area contributed by atoms with Crippen LogP contribution in [0.25, 0.3) is 5.69 Å². The van der Waals surface area contributed by atoms with Crippen LogP contribution >= 0.6 is 0 Å². The predicted octanol–water partition coefficient (Wildman–Crippen LogP) is 4.21. The van der Waals surface area contributed by atoms with E-state index in [1.807, 2.05) is 0 Å². The highest BCUT2D eigenvalue weighted by atomic mass is 32.2. The normalized spacial score (nSPS) is 13.4. The molecule has 35 heavy (non-hydrogen) atoms. The smallest absolute Gasteiger partial charge is 0.276 e. The lowest BCUT2D eigenvalue weighted by molar-refractivity contribution is 0.102. The second-order valence-electron chi connectivity index (χ2n) is 8.26. The van der Waals surface area contributed by atoms with Crippen LogP contribution < -0.4 is 10.0 Å². The molecular weight excluding hydrogens is 471 g/mol. The highest BCUT2D eigenvalue weighted by Gasteiger charge is 2.26. The molecule has 5 rings (SSSR count). The van der Waals surface area contributed by atoms with Crippen molar-refractivity contribution in [1.29, 1.82) is 0 Å². The van der Waals surface area contributed by atoms with Crippen LogP contribution in [0.5, 0.6) is 0 Å². The molecule has 0 spiro atoms. The molecule has 1 aliphatic carbocycles. The molecule has 0 fully saturated rings. The number of nitrogens with zero attached hydrogens (tertiary/aromatic N) is 2. The maximum absolute atomic E-state index is 13.4. The zero-order chi connectivity index (χ0) is 24.4. The third-order valence-corrected chi connectivity index (χ3v) is 7.28. The van der Waals surface area contributed by atoms with E-state index in [4.69, 9.17) is 4.42 Å². The number of rotatable bonds is 7. The zero-order valence-corrected chi connectivity index (χ0v) is 19.5. The molecule has 0 bridgehead atoms. The molecular formula is C25H23FN4O4S.